The number of alkyl halides is 6. The van der Waals surface area contributed by atoms with Crippen molar-refractivity contribution < 1.29 is 50.6 Å². The monoisotopic (exact) mass is 746 g/mol. The fourth-order valence-corrected chi connectivity index (χ4v) is 8.47. The lowest BCUT2D eigenvalue weighted by Gasteiger charge is -2.51. The molecule has 1 atom stereocenters. The summed E-state index contributed by atoms with van der Waals surface area (Å²) in [4.78, 5) is 41.4. The molecular weight excluding hydrogens is 706 g/mol. The van der Waals surface area contributed by atoms with Crippen LogP contribution in [-0.2, 0) is 22.7 Å². The predicted octanol–water partition coefficient (Wildman–Crippen LogP) is 6.93. The minimum atomic E-state index is -4.63. The number of carboxylic acid groups (broad SMARTS) is 1. The molecule has 2 aliphatic carbocycles. The predicted molar refractivity (Wildman–Crippen MR) is 178 cm³/mol. The quantitative estimate of drug-likeness (QED) is 0.226. The van der Waals surface area contributed by atoms with Gasteiger partial charge in [-0.15, -0.1) is 0 Å². The average Bonchev–Trinajstić information content (AvgIpc) is 3.67. The summed E-state index contributed by atoms with van der Waals surface area (Å²) >= 11 is 0. The molecule has 0 radical (unpaired) electrons. The van der Waals surface area contributed by atoms with Crippen molar-refractivity contribution in [3.05, 3.63) is 88.7 Å². The lowest BCUT2D eigenvalue weighted by Crippen LogP contribution is -2.65. The minimum Gasteiger partial charge on any atom is -0.478 e. The van der Waals surface area contributed by atoms with Crippen molar-refractivity contribution in [2.45, 2.75) is 69.9 Å². The molecule has 1 N–H and O–H groups in total. The molecule has 2 aliphatic heterocycles. The molecule has 2 saturated heterocycles. The molecule has 4 fully saturated rings. The molecule has 4 aliphatic rings. The van der Waals surface area contributed by atoms with Crippen LogP contribution in [0, 0.1) is 22.7 Å². The number of benzene rings is 2. The Bertz CT molecular complexity index is 1860. The first-order chi connectivity index (χ1) is 25.1. The number of carbonyl (C=O) groups is 3. The molecule has 9 nitrogen and oxygen atoms in total. The largest absolute Gasteiger partial charge is 0.478 e. The summed E-state index contributed by atoms with van der Waals surface area (Å²) in [6.45, 7) is 1.03. The van der Waals surface area contributed by atoms with E-state index in [9.17, 15) is 45.8 Å². The normalized spacial score (nSPS) is 23.5. The van der Waals surface area contributed by atoms with Crippen LogP contribution >= 0.6 is 0 Å². The second-order valence-electron chi connectivity index (χ2n) is 15.2. The molecule has 15 heteroatoms. The number of nitrogens with zero attached hydrogens (tertiary/aromatic N) is 4. The zero-order chi connectivity index (χ0) is 37.8. The molecule has 1 aromatic heterocycles. The highest BCUT2D eigenvalue weighted by Crippen LogP contribution is 2.60. The maximum Gasteiger partial charge on any atom is 0.403 e. The number of amides is 2. The lowest BCUT2D eigenvalue weighted by atomic mass is 9.71. The van der Waals surface area contributed by atoms with Gasteiger partial charge in [-0.2, -0.15) is 31.4 Å². The molecule has 7 rings (SSSR count). The van der Waals surface area contributed by atoms with E-state index in [1.807, 2.05) is 24.3 Å². The van der Waals surface area contributed by atoms with Gasteiger partial charge in [-0.25, -0.2) is 4.79 Å². The van der Waals surface area contributed by atoms with Gasteiger partial charge in [0.1, 0.15) is 5.41 Å². The van der Waals surface area contributed by atoms with Gasteiger partial charge in [0, 0.05) is 43.7 Å². The van der Waals surface area contributed by atoms with Gasteiger partial charge in [0.05, 0.1) is 43.0 Å². The van der Waals surface area contributed by atoms with Crippen molar-refractivity contribution in [3.8, 4) is 0 Å². The maximum absolute atomic E-state index is 13.8. The number of halogens is 6. The number of ether oxygens (including phenoxy) is 1. The van der Waals surface area contributed by atoms with E-state index in [1.165, 1.54) is 28.0 Å². The molecule has 53 heavy (non-hydrogen) atoms. The average molecular weight is 747 g/mol. The van der Waals surface area contributed by atoms with Crippen LogP contribution in [-0.4, -0.2) is 87.6 Å². The number of carboxylic acids is 1. The highest BCUT2D eigenvalue weighted by atomic mass is 19.4. The van der Waals surface area contributed by atoms with Crippen molar-refractivity contribution in [1.82, 2.24) is 19.6 Å². The molecular formula is C38H40F6N4O5. The van der Waals surface area contributed by atoms with Crippen LogP contribution in [0.15, 0.2) is 60.9 Å². The van der Waals surface area contributed by atoms with E-state index in [2.05, 4.69) is 5.10 Å². The third kappa shape index (κ3) is 7.28. The van der Waals surface area contributed by atoms with E-state index in [0.29, 0.717) is 18.4 Å². The van der Waals surface area contributed by atoms with Crippen molar-refractivity contribution in [2.24, 2.45) is 22.7 Å². The molecule has 284 valence electrons. The summed E-state index contributed by atoms with van der Waals surface area (Å²) in [5.41, 5.74) is -0.338. The van der Waals surface area contributed by atoms with Gasteiger partial charge < -0.3 is 19.6 Å². The van der Waals surface area contributed by atoms with E-state index in [0.717, 1.165) is 11.1 Å². The summed E-state index contributed by atoms with van der Waals surface area (Å²) in [6.07, 6.45) is -5.29. The highest BCUT2D eigenvalue weighted by Gasteiger charge is 2.71. The van der Waals surface area contributed by atoms with Crippen molar-refractivity contribution >= 4 is 17.8 Å². The Kier molecular flexibility index (Phi) is 9.61. The van der Waals surface area contributed by atoms with E-state index < -0.39 is 41.0 Å². The summed E-state index contributed by atoms with van der Waals surface area (Å²) in [5.74, 6) is -3.91. The Morgan fingerprint density at radius 1 is 0.906 bits per heavy atom. The van der Waals surface area contributed by atoms with E-state index >= 15 is 0 Å². The van der Waals surface area contributed by atoms with Crippen LogP contribution in [0.2, 0.25) is 0 Å². The molecule has 2 aromatic carbocycles. The van der Waals surface area contributed by atoms with Crippen LogP contribution in [0.25, 0.3) is 0 Å². The Morgan fingerprint density at radius 2 is 1.60 bits per heavy atom. The molecule has 1 unspecified atom stereocenters. The summed E-state index contributed by atoms with van der Waals surface area (Å²) in [5, 5.41) is 13.8. The topological polar surface area (TPSA) is 105 Å². The van der Waals surface area contributed by atoms with Crippen molar-refractivity contribution in [3.63, 3.8) is 0 Å². The Labute approximate surface area is 301 Å². The van der Waals surface area contributed by atoms with E-state index in [4.69, 9.17) is 4.74 Å². The molecule has 2 amide bonds. The Hall–Kier alpha value is -4.40. The lowest BCUT2D eigenvalue weighted by molar-refractivity contribution is -0.205. The first-order valence-corrected chi connectivity index (χ1v) is 17.8. The third-order valence-corrected chi connectivity index (χ3v) is 11.8. The Balaban J connectivity index is 1.02. The molecule has 0 bridgehead atoms. The second kappa shape index (κ2) is 13.8. The van der Waals surface area contributed by atoms with Crippen LogP contribution in [0.4, 0.5) is 26.3 Å². The molecule has 3 heterocycles. The number of carbonyl (C=O) groups excluding carboxylic acids is 2. The van der Waals surface area contributed by atoms with Crippen LogP contribution < -0.4 is 0 Å². The Morgan fingerprint density at radius 3 is 2.26 bits per heavy atom. The second-order valence-corrected chi connectivity index (χ2v) is 15.2. The van der Waals surface area contributed by atoms with Gasteiger partial charge in [-0.3, -0.25) is 14.3 Å². The van der Waals surface area contributed by atoms with Crippen LogP contribution in [0.5, 0.6) is 0 Å². The number of hydrogen-bond acceptors (Lipinski definition) is 5. The summed E-state index contributed by atoms with van der Waals surface area (Å²) in [7, 11) is 0. The molecule has 2 saturated carbocycles. The fourth-order valence-electron chi connectivity index (χ4n) is 8.47. The van der Waals surface area contributed by atoms with Gasteiger partial charge >= 0.3 is 18.3 Å². The van der Waals surface area contributed by atoms with Gasteiger partial charge in [0.25, 0.3) is 5.91 Å². The maximum atomic E-state index is 13.8. The van der Waals surface area contributed by atoms with Gasteiger partial charge in [-0.1, -0.05) is 42.5 Å². The number of aromatic carboxylic acids is 1. The zero-order valence-corrected chi connectivity index (χ0v) is 28.8. The fraction of sp³-hybridized carbons (Fsp3) is 0.526. The van der Waals surface area contributed by atoms with E-state index in [-0.39, 0.29) is 100 Å². The van der Waals surface area contributed by atoms with Gasteiger partial charge in [-0.05, 0) is 67.2 Å². The van der Waals surface area contributed by atoms with Crippen molar-refractivity contribution in [1.29, 1.82) is 0 Å². The third-order valence-electron chi connectivity index (χ3n) is 11.8. The number of hydrogen-bond donors (Lipinski definition) is 1. The van der Waals surface area contributed by atoms with Crippen LogP contribution in [0.3, 0.4) is 0 Å². The summed E-state index contributed by atoms with van der Waals surface area (Å²) < 4.78 is 88.6. The number of aromatic nitrogens is 2. The van der Waals surface area contributed by atoms with Gasteiger partial charge in [0.15, 0.2) is 0 Å². The SMILES string of the molecule is O=C(O)c1ccccc1Cn1cc(C(=O)N2CC(COCc3cccc(C4CCC(C(F)(F)F)CC4)c3)C3(C2)CN(C(=O)C2(C(F)(F)F)CC2)C3)cn1. The van der Waals surface area contributed by atoms with E-state index in [1.54, 1.807) is 23.1 Å². The highest BCUT2D eigenvalue weighted by molar-refractivity contribution is 5.94. The standard InChI is InChI=1S/C38H40F6N4O5/c39-37(40,41)29-10-8-25(9-11-29)26-6-3-4-24(14-26)19-53-20-30-18-46(21-35(30)22-47(23-35)34(52)36(12-13-36)38(42,43)44)32(49)28-15-45-48(17-28)16-27-5-1-2-7-31(27)33(50)51/h1-7,14-15,17,25,29-30H,8-13,16,18-23H2,(H,50,51). The molecule has 3 aromatic rings. The zero-order valence-electron chi connectivity index (χ0n) is 28.8. The number of rotatable bonds is 10. The summed E-state index contributed by atoms with van der Waals surface area (Å²) in [6, 6.07) is 14.0. The molecule has 1 spiro atoms. The smallest absolute Gasteiger partial charge is 0.403 e. The number of likely N-dealkylation sites (tertiary alicyclic amines) is 2. The minimum absolute atomic E-state index is 0.0208. The first-order valence-electron chi connectivity index (χ1n) is 17.8. The van der Waals surface area contributed by atoms with Crippen LogP contribution in [0.1, 0.15) is 81.8 Å². The van der Waals surface area contributed by atoms with Crippen molar-refractivity contribution in [2.75, 3.05) is 32.8 Å². The first kappa shape index (κ1) is 36.9. The van der Waals surface area contributed by atoms with Gasteiger partial charge in [0.2, 0.25) is 5.91 Å².